The highest BCUT2D eigenvalue weighted by Crippen LogP contribution is 2.15. The molecular formula is C14H19NOS. The van der Waals surface area contributed by atoms with Crippen LogP contribution in [-0.2, 0) is 11.2 Å². The normalized spacial score (nSPS) is 17.8. The fourth-order valence-corrected chi connectivity index (χ4v) is 3.05. The van der Waals surface area contributed by atoms with Gasteiger partial charge in [-0.25, -0.2) is 0 Å². The summed E-state index contributed by atoms with van der Waals surface area (Å²) < 4.78 is 0. The van der Waals surface area contributed by atoms with Crippen LogP contribution in [0.25, 0.3) is 0 Å². The molecule has 0 radical (unpaired) electrons. The predicted octanol–water partition coefficient (Wildman–Crippen LogP) is 2.44. The van der Waals surface area contributed by atoms with Gasteiger partial charge in [0.05, 0.1) is 0 Å². The van der Waals surface area contributed by atoms with Crippen molar-refractivity contribution < 1.29 is 4.79 Å². The van der Waals surface area contributed by atoms with Gasteiger partial charge in [-0.15, -0.1) is 0 Å². The van der Waals surface area contributed by atoms with Gasteiger partial charge in [0.25, 0.3) is 0 Å². The summed E-state index contributed by atoms with van der Waals surface area (Å²) in [7, 11) is 0. The van der Waals surface area contributed by atoms with Gasteiger partial charge in [0.1, 0.15) is 0 Å². The van der Waals surface area contributed by atoms with E-state index >= 15 is 0 Å². The molecule has 92 valence electrons. The summed E-state index contributed by atoms with van der Waals surface area (Å²) in [5.74, 6) is 2.59. The zero-order valence-electron chi connectivity index (χ0n) is 10.3. The van der Waals surface area contributed by atoms with Crippen LogP contribution >= 0.6 is 11.8 Å². The van der Waals surface area contributed by atoms with Crippen molar-refractivity contribution >= 4 is 17.7 Å². The molecule has 0 spiro atoms. The van der Waals surface area contributed by atoms with Crippen LogP contribution in [0, 0.1) is 5.92 Å². The van der Waals surface area contributed by atoms with E-state index in [1.54, 1.807) is 0 Å². The highest BCUT2D eigenvalue weighted by Gasteiger charge is 2.22. The lowest BCUT2D eigenvalue weighted by Crippen LogP contribution is -2.41. The van der Waals surface area contributed by atoms with Crippen molar-refractivity contribution in [3.63, 3.8) is 0 Å². The van der Waals surface area contributed by atoms with E-state index in [0.717, 1.165) is 31.0 Å². The molecule has 1 unspecified atom stereocenters. The molecule has 1 fully saturated rings. The Labute approximate surface area is 107 Å². The predicted molar refractivity (Wildman–Crippen MR) is 73.2 cm³/mol. The highest BCUT2D eigenvalue weighted by molar-refractivity contribution is 7.99. The van der Waals surface area contributed by atoms with E-state index < -0.39 is 0 Å². The van der Waals surface area contributed by atoms with Crippen LogP contribution in [0.1, 0.15) is 12.5 Å². The first-order chi connectivity index (χ1) is 8.27. The molecular weight excluding hydrogens is 230 g/mol. The molecule has 0 bridgehead atoms. The molecule has 1 saturated heterocycles. The van der Waals surface area contributed by atoms with Gasteiger partial charge in [0, 0.05) is 30.5 Å². The zero-order valence-corrected chi connectivity index (χ0v) is 11.1. The number of amides is 1. The third-order valence-electron chi connectivity index (χ3n) is 3.13. The van der Waals surface area contributed by atoms with Gasteiger partial charge >= 0.3 is 0 Å². The molecule has 1 aromatic rings. The maximum absolute atomic E-state index is 12.2. The maximum atomic E-state index is 12.2. The Kier molecular flexibility index (Phi) is 4.49. The number of carbonyl (C=O) groups is 1. The Balaban J connectivity index is 1.90. The third kappa shape index (κ3) is 3.50. The van der Waals surface area contributed by atoms with E-state index in [2.05, 4.69) is 12.1 Å². The summed E-state index contributed by atoms with van der Waals surface area (Å²) in [4.78, 5) is 14.2. The number of hydrogen-bond donors (Lipinski definition) is 0. The molecule has 2 rings (SSSR count). The molecule has 2 nitrogen and oxygen atoms in total. The van der Waals surface area contributed by atoms with Crippen molar-refractivity contribution in [3.05, 3.63) is 35.9 Å². The summed E-state index contributed by atoms with van der Waals surface area (Å²) >= 11 is 1.94. The molecule has 1 amide bonds. The van der Waals surface area contributed by atoms with E-state index in [4.69, 9.17) is 0 Å². The van der Waals surface area contributed by atoms with Gasteiger partial charge in [-0.1, -0.05) is 37.3 Å². The maximum Gasteiger partial charge on any atom is 0.225 e. The van der Waals surface area contributed by atoms with Gasteiger partial charge in [0.15, 0.2) is 0 Å². The van der Waals surface area contributed by atoms with Crippen LogP contribution < -0.4 is 0 Å². The van der Waals surface area contributed by atoms with Gasteiger partial charge in [-0.2, -0.15) is 11.8 Å². The van der Waals surface area contributed by atoms with Gasteiger partial charge in [-0.3, -0.25) is 4.79 Å². The number of rotatable bonds is 3. The van der Waals surface area contributed by atoms with Gasteiger partial charge in [-0.05, 0) is 12.0 Å². The van der Waals surface area contributed by atoms with Crippen LogP contribution in [0.2, 0.25) is 0 Å². The van der Waals surface area contributed by atoms with E-state index in [9.17, 15) is 4.79 Å². The molecule has 3 heteroatoms. The quantitative estimate of drug-likeness (QED) is 0.820. The molecule has 17 heavy (non-hydrogen) atoms. The second kappa shape index (κ2) is 6.10. The Hall–Kier alpha value is -0.960. The summed E-state index contributed by atoms with van der Waals surface area (Å²) in [6, 6.07) is 10.3. The lowest BCUT2D eigenvalue weighted by molar-refractivity contribution is -0.134. The Bertz CT molecular complexity index is 360. The minimum absolute atomic E-state index is 0.0977. The second-order valence-electron chi connectivity index (χ2n) is 4.53. The SMILES string of the molecule is CC(Cc1ccccc1)C(=O)N1CCSCC1. The number of carbonyl (C=O) groups excluding carboxylic acids is 1. The largest absolute Gasteiger partial charge is 0.341 e. The number of hydrogen-bond acceptors (Lipinski definition) is 2. The molecule has 0 N–H and O–H groups in total. The van der Waals surface area contributed by atoms with Crippen molar-refractivity contribution in [3.8, 4) is 0 Å². The summed E-state index contributed by atoms with van der Waals surface area (Å²) in [5, 5.41) is 0. The first kappa shape index (κ1) is 12.5. The monoisotopic (exact) mass is 249 g/mol. The fraction of sp³-hybridized carbons (Fsp3) is 0.500. The van der Waals surface area contributed by atoms with Crippen molar-refractivity contribution in [1.29, 1.82) is 0 Å². The molecule has 1 aliphatic rings. The van der Waals surface area contributed by atoms with Crippen LogP contribution in [0.5, 0.6) is 0 Å². The smallest absolute Gasteiger partial charge is 0.225 e. The van der Waals surface area contributed by atoms with Crippen molar-refractivity contribution in [2.45, 2.75) is 13.3 Å². The Morgan fingerprint density at radius 1 is 1.29 bits per heavy atom. The zero-order chi connectivity index (χ0) is 12.1. The molecule has 1 aliphatic heterocycles. The van der Waals surface area contributed by atoms with Gasteiger partial charge in [0.2, 0.25) is 5.91 Å². The van der Waals surface area contributed by atoms with Crippen LogP contribution in [-0.4, -0.2) is 35.4 Å². The van der Waals surface area contributed by atoms with Crippen molar-refractivity contribution in [2.24, 2.45) is 5.92 Å². The average molecular weight is 249 g/mol. The Morgan fingerprint density at radius 3 is 2.59 bits per heavy atom. The third-order valence-corrected chi connectivity index (χ3v) is 4.07. The summed E-state index contributed by atoms with van der Waals surface area (Å²) in [6.07, 6.45) is 0.851. The van der Waals surface area contributed by atoms with E-state index in [1.807, 2.05) is 41.8 Å². The summed E-state index contributed by atoms with van der Waals surface area (Å²) in [5.41, 5.74) is 1.25. The number of nitrogens with zero attached hydrogens (tertiary/aromatic N) is 1. The first-order valence-corrected chi connectivity index (χ1v) is 7.33. The molecule has 1 heterocycles. The number of thioether (sulfide) groups is 1. The first-order valence-electron chi connectivity index (χ1n) is 6.18. The average Bonchev–Trinajstić information content (AvgIpc) is 2.40. The molecule has 1 aromatic carbocycles. The molecule has 0 saturated carbocycles. The second-order valence-corrected chi connectivity index (χ2v) is 5.75. The van der Waals surface area contributed by atoms with E-state index in [0.29, 0.717) is 5.91 Å². The standard InChI is InChI=1S/C14H19NOS/c1-12(11-13-5-3-2-4-6-13)14(16)15-7-9-17-10-8-15/h2-6,12H,7-11H2,1H3. The van der Waals surface area contributed by atoms with E-state index in [-0.39, 0.29) is 5.92 Å². The topological polar surface area (TPSA) is 20.3 Å². The van der Waals surface area contributed by atoms with Crippen LogP contribution in [0.3, 0.4) is 0 Å². The van der Waals surface area contributed by atoms with E-state index in [1.165, 1.54) is 5.56 Å². The molecule has 1 atom stereocenters. The van der Waals surface area contributed by atoms with Gasteiger partial charge < -0.3 is 4.90 Å². The fourth-order valence-electron chi connectivity index (χ4n) is 2.15. The van der Waals surface area contributed by atoms with Crippen molar-refractivity contribution in [1.82, 2.24) is 4.90 Å². The van der Waals surface area contributed by atoms with Crippen molar-refractivity contribution in [2.75, 3.05) is 24.6 Å². The van der Waals surface area contributed by atoms with Crippen LogP contribution in [0.15, 0.2) is 30.3 Å². The minimum atomic E-state index is 0.0977. The molecule has 0 aliphatic carbocycles. The lowest BCUT2D eigenvalue weighted by Gasteiger charge is -2.29. The highest BCUT2D eigenvalue weighted by atomic mass is 32.2. The minimum Gasteiger partial charge on any atom is -0.341 e. The lowest BCUT2D eigenvalue weighted by atomic mass is 10.00. The molecule has 0 aromatic heterocycles. The number of benzene rings is 1. The van der Waals surface area contributed by atoms with Crippen LogP contribution in [0.4, 0.5) is 0 Å². The summed E-state index contributed by atoms with van der Waals surface area (Å²) in [6.45, 7) is 3.88. The Morgan fingerprint density at radius 2 is 1.94 bits per heavy atom.